The molecular formula is C13H17ClN2O2. The molecule has 1 aromatic heterocycles. The summed E-state index contributed by atoms with van der Waals surface area (Å²) >= 11 is 6.31. The van der Waals surface area contributed by atoms with Gasteiger partial charge in [0.05, 0.1) is 29.6 Å². The van der Waals surface area contributed by atoms with Crippen LogP contribution in [0.3, 0.4) is 0 Å². The van der Waals surface area contributed by atoms with E-state index < -0.39 is 0 Å². The molecule has 0 atom stereocenters. The van der Waals surface area contributed by atoms with Gasteiger partial charge >= 0.3 is 0 Å². The topological polar surface area (TPSA) is 34.6 Å². The number of nitrogens with zero attached hydrogens (tertiary/aromatic N) is 2. The normalized spacial score (nSPS) is 22.7. The van der Waals surface area contributed by atoms with Crippen LogP contribution in [0.5, 0.6) is 0 Å². The van der Waals surface area contributed by atoms with Crippen LogP contribution >= 0.6 is 11.6 Å². The highest BCUT2D eigenvalue weighted by atomic mass is 35.5. The number of aromatic nitrogens is 1. The van der Waals surface area contributed by atoms with Crippen molar-refractivity contribution in [3.05, 3.63) is 23.0 Å². The van der Waals surface area contributed by atoms with Crippen molar-refractivity contribution in [1.29, 1.82) is 0 Å². The highest BCUT2D eigenvalue weighted by Gasteiger charge is 2.40. The van der Waals surface area contributed by atoms with Gasteiger partial charge < -0.3 is 14.4 Å². The Bertz CT molecular complexity index is 437. The molecule has 3 rings (SSSR count). The molecule has 0 aromatic carbocycles. The van der Waals surface area contributed by atoms with Gasteiger partial charge in [-0.05, 0) is 13.0 Å². The lowest BCUT2D eigenvalue weighted by atomic mass is 10.0. The van der Waals surface area contributed by atoms with E-state index in [9.17, 15) is 0 Å². The fourth-order valence-electron chi connectivity index (χ4n) is 2.65. The summed E-state index contributed by atoms with van der Waals surface area (Å²) in [5.74, 6) is -0.328. The monoisotopic (exact) mass is 268 g/mol. The van der Waals surface area contributed by atoms with Crippen molar-refractivity contribution in [2.24, 2.45) is 0 Å². The van der Waals surface area contributed by atoms with Gasteiger partial charge in [-0.15, -0.1) is 0 Å². The third kappa shape index (κ3) is 2.09. The molecule has 0 saturated carbocycles. The van der Waals surface area contributed by atoms with Gasteiger partial charge in [-0.1, -0.05) is 11.6 Å². The first-order valence-corrected chi connectivity index (χ1v) is 6.72. The lowest BCUT2D eigenvalue weighted by Crippen LogP contribution is -2.45. The van der Waals surface area contributed by atoms with Crippen LogP contribution in [0, 0.1) is 6.92 Å². The predicted molar refractivity (Wildman–Crippen MR) is 70.1 cm³/mol. The second-order valence-corrected chi connectivity index (χ2v) is 5.20. The maximum Gasteiger partial charge on any atom is 0.171 e. The van der Waals surface area contributed by atoms with E-state index in [4.69, 9.17) is 21.1 Å². The van der Waals surface area contributed by atoms with Gasteiger partial charge in [-0.25, -0.2) is 0 Å². The first kappa shape index (κ1) is 12.2. The Kier molecular flexibility index (Phi) is 3.18. The molecule has 0 N–H and O–H groups in total. The molecular weight excluding hydrogens is 252 g/mol. The Morgan fingerprint density at radius 2 is 1.94 bits per heavy atom. The Labute approximate surface area is 112 Å². The van der Waals surface area contributed by atoms with Crippen molar-refractivity contribution in [2.45, 2.75) is 25.6 Å². The number of rotatable bonds is 1. The Balaban J connectivity index is 1.74. The van der Waals surface area contributed by atoms with Crippen molar-refractivity contribution in [1.82, 2.24) is 4.98 Å². The summed E-state index contributed by atoms with van der Waals surface area (Å²) in [6, 6.07) is 1.98. The van der Waals surface area contributed by atoms with Crippen molar-refractivity contribution in [2.75, 3.05) is 31.2 Å². The van der Waals surface area contributed by atoms with E-state index in [2.05, 4.69) is 9.88 Å². The minimum absolute atomic E-state index is 0.328. The second-order valence-electron chi connectivity index (χ2n) is 4.82. The highest BCUT2D eigenvalue weighted by molar-refractivity contribution is 6.33. The number of pyridine rings is 1. The summed E-state index contributed by atoms with van der Waals surface area (Å²) in [7, 11) is 0. The summed E-state index contributed by atoms with van der Waals surface area (Å²) in [6.07, 6.45) is 3.60. The number of aryl methyl sites for hydroxylation is 1. The van der Waals surface area contributed by atoms with Gasteiger partial charge in [-0.2, -0.15) is 0 Å². The average molecular weight is 269 g/mol. The zero-order valence-electron chi connectivity index (χ0n) is 10.5. The van der Waals surface area contributed by atoms with Crippen molar-refractivity contribution in [3.63, 3.8) is 0 Å². The summed E-state index contributed by atoms with van der Waals surface area (Å²) in [4.78, 5) is 6.48. The molecule has 0 aliphatic carbocycles. The van der Waals surface area contributed by atoms with Crippen molar-refractivity contribution < 1.29 is 9.47 Å². The smallest absolute Gasteiger partial charge is 0.171 e. The van der Waals surface area contributed by atoms with E-state index in [1.807, 2.05) is 19.2 Å². The predicted octanol–water partition coefficient (Wildman–Crippen LogP) is 2.39. The molecule has 18 heavy (non-hydrogen) atoms. The molecule has 98 valence electrons. The largest absolute Gasteiger partial charge is 0.370 e. The quantitative estimate of drug-likeness (QED) is 0.783. The molecule has 4 nitrogen and oxygen atoms in total. The number of halogens is 1. The SMILES string of the molecule is Cc1nccc(N2CCC3(CC2)OCCO3)c1Cl. The van der Waals surface area contributed by atoms with Gasteiger partial charge in [0.1, 0.15) is 0 Å². The van der Waals surface area contributed by atoms with Gasteiger partial charge in [0.2, 0.25) is 0 Å². The molecule has 1 spiro atoms. The summed E-state index contributed by atoms with van der Waals surface area (Å²) in [5, 5.41) is 0.752. The third-order valence-electron chi connectivity index (χ3n) is 3.72. The second kappa shape index (κ2) is 4.68. The van der Waals surface area contributed by atoms with Crippen molar-refractivity contribution >= 4 is 17.3 Å². The summed E-state index contributed by atoms with van der Waals surface area (Å²) in [5.41, 5.74) is 1.94. The minimum Gasteiger partial charge on any atom is -0.370 e. The Hall–Kier alpha value is -0.840. The van der Waals surface area contributed by atoms with Crippen LogP contribution in [0.25, 0.3) is 0 Å². The van der Waals surface area contributed by atoms with Crippen LogP contribution in [0.1, 0.15) is 18.5 Å². The van der Waals surface area contributed by atoms with Crippen LogP contribution in [0.2, 0.25) is 5.02 Å². The van der Waals surface area contributed by atoms with E-state index in [-0.39, 0.29) is 5.79 Å². The van der Waals surface area contributed by atoms with E-state index in [1.165, 1.54) is 0 Å². The molecule has 2 aliphatic rings. The van der Waals surface area contributed by atoms with E-state index in [0.29, 0.717) is 0 Å². The van der Waals surface area contributed by atoms with Crippen molar-refractivity contribution in [3.8, 4) is 0 Å². The molecule has 0 bridgehead atoms. The third-order valence-corrected chi connectivity index (χ3v) is 4.19. The first-order valence-electron chi connectivity index (χ1n) is 6.34. The molecule has 1 aromatic rings. The first-order chi connectivity index (χ1) is 8.70. The van der Waals surface area contributed by atoms with Crippen LogP contribution < -0.4 is 4.90 Å². The Morgan fingerprint density at radius 1 is 1.28 bits per heavy atom. The molecule has 5 heteroatoms. The van der Waals surface area contributed by atoms with E-state index in [0.717, 1.165) is 55.5 Å². The number of ether oxygens (including phenoxy) is 2. The van der Waals surface area contributed by atoms with Crippen LogP contribution in [0.4, 0.5) is 5.69 Å². The zero-order chi connectivity index (χ0) is 12.6. The maximum absolute atomic E-state index is 6.31. The fraction of sp³-hybridized carbons (Fsp3) is 0.615. The number of anilines is 1. The maximum atomic E-state index is 6.31. The van der Waals surface area contributed by atoms with Crippen LogP contribution in [-0.2, 0) is 9.47 Å². The fourth-order valence-corrected chi connectivity index (χ4v) is 2.88. The zero-order valence-corrected chi connectivity index (χ0v) is 11.2. The molecule has 3 heterocycles. The lowest BCUT2D eigenvalue weighted by Gasteiger charge is -2.39. The average Bonchev–Trinajstić information content (AvgIpc) is 2.83. The standard InChI is InChI=1S/C13H17ClN2O2/c1-10-12(14)11(2-5-15-10)16-6-3-13(4-7-16)17-8-9-18-13/h2,5H,3-4,6-9H2,1H3. The van der Waals surface area contributed by atoms with Crippen LogP contribution in [-0.4, -0.2) is 37.1 Å². The molecule has 2 saturated heterocycles. The van der Waals surface area contributed by atoms with E-state index in [1.54, 1.807) is 0 Å². The number of hydrogen-bond acceptors (Lipinski definition) is 4. The van der Waals surface area contributed by atoms with Gasteiger partial charge in [0.25, 0.3) is 0 Å². The molecule has 2 aliphatic heterocycles. The molecule has 0 amide bonds. The Morgan fingerprint density at radius 3 is 2.61 bits per heavy atom. The molecule has 2 fully saturated rings. The number of hydrogen-bond donors (Lipinski definition) is 0. The number of piperidine rings is 1. The van der Waals surface area contributed by atoms with Crippen LogP contribution in [0.15, 0.2) is 12.3 Å². The molecule has 0 radical (unpaired) electrons. The molecule has 0 unspecified atom stereocenters. The lowest BCUT2D eigenvalue weighted by molar-refractivity contribution is -0.169. The van der Waals surface area contributed by atoms with Gasteiger partial charge in [-0.3, -0.25) is 4.98 Å². The van der Waals surface area contributed by atoms with Gasteiger partial charge in [0.15, 0.2) is 5.79 Å². The minimum atomic E-state index is -0.328. The summed E-state index contributed by atoms with van der Waals surface area (Å²) < 4.78 is 11.5. The van der Waals surface area contributed by atoms with E-state index >= 15 is 0 Å². The summed E-state index contributed by atoms with van der Waals surface area (Å²) in [6.45, 7) is 5.18. The van der Waals surface area contributed by atoms with Gasteiger partial charge in [0, 0.05) is 32.1 Å². The highest BCUT2D eigenvalue weighted by Crippen LogP contribution is 2.35.